The van der Waals surface area contributed by atoms with E-state index in [4.69, 9.17) is 0 Å². The first-order valence-corrected chi connectivity index (χ1v) is 10.6. The fourth-order valence-electron chi connectivity index (χ4n) is 2.60. The van der Waals surface area contributed by atoms with E-state index in [9.17, 15) is 13.2 Å². The molecule has 2 aromatic carbocycles. The number of aryl methyl sites for hydroxylation is 1. The molecule has 8 heteroatoms. The topological polar surface area (TPSA) is 100 Å². The minimum Gasteiger partial charge on any atom is -0.334 e. The van der Waals surface area contributed by atoms with E-state index in [-0.39, 0.29) is 4.90 Å². The average molecular weight is 410 g/mol. The van der Waals surface area contributed by atoms with Gasteiger partial charge in [0.1, 0.15) is 0 Å². The van der Waals surface area contributed by atoms with Crippen LogP contribution in [0.3, 0.4) is 0 Å². The number of pyridine rings is 1. The number of nitrogens with one attached hydrogen (secondary N) is 3. The van der Waals surface area contributed by atoms with Crippen LogP contribution in [0.1, 0.15) is 18.1 Å². The van der Waals surface area contributed by atoms with Gasteiger partial charge in [0.15, 0.2) is 0 Å². The second-order valence-corrected chi connectivity index (χ2v) is 8.03. The number of carbonyl (C=O) groups excluding carboxylic acids is 1. The van der Waals surface area contributed by atoms with Crippen molar-refractivity contribution in [2.24, 2.45) is 0 Å². The van der Waals surface area contributed by atoms with E-state index in [0.29, 0.717) is 17.9 Å². The smallest absolute Gasteiger partial charge is 0.319 e. The van der Waals surface area contributed by atoms with E-state index in [2.05, 4.69) is 20.3 Å². The third kappa shape index (κ3) is 5.79. The zero-order chi connectivity index (χ0) is 20.7. The molecule has 0 aliphatic rings. The highest BCUT2D eigenvalue weighted by Gasteiger charge is 2.14. The molecule has 0 atom stereocenters. The molecule has 0 bridgehead atoms. The predicted molar refractivity (Wildman–Crippen MR) is 113 cm³/mol. The van der Waals surface area contributed by atoms with E-state index in [1.165, 1.54) is 12.1 Å². The molecule has 0 unspecified atom stereocenters. The van der Waals surface area contributed by atoms with Crippen LogP contribution < -0.4 is 15.4 Å². The molecule has 0 fully saturated rings. The number of hydrogen-bond donors (Lipinski definition) is 3. The summed E-state index contributed by atoms with van der Waals surface area (Å²) in [5, 5.41) is 5.38. The summed E-state index contributed by atoms with van der Waals surface area (Å²) in [5.74, 6) is 0. The molecule has 0 aliphatic heterocycles. The van der Waals surface area contributed by atoms with Crippen LogP contribution in [0.4, 0.5) is 16.2 Å². The van der Waals surface area contributed by atoms with Gasteiger partial charge in [0.2, 0.25) is 0 Å². The second-order valence-electron chi connectivity index (χ2n) is 6.35. The summed E-state index contributed by atoms with van der Waals surface area (Å²) >= 11 is 0. The predicted octanol–water partition coefficient (Wildman–Crippen LogP) is 3.77. The molecule has 0 aliphatic carbocycles. The van der Waals surface area contributed by atoms with Crippen molar-refractivity contribution in [3.8, 4) is 0 Å². The summed E-state index contributed by atoms with van der Waals surface area (Å²) < 4.78 is 27.6. The van der Waals surface area contributed by atoms with Crippen LogP contribution in [0.5, 0.6) is 0 Å². The van der Waals surface area contributed by atoms with Crippen molar-refractivity contribution < 1.29 is 13.2 Å². The van der Waals surface area contributed by atoms with Crippen molar-refractivity contribution in [1.29, 1.82) is 0 Å². The summed E-state index contributed by atoms with van der Waals surface area (Å²) in [4.78, 5) is 16.1. The Labute approximate surface area is 170 Å². The van der Waals surface area contributed by atoms with E-state index in [1.54, 1.807) is 42.7 Å². The number of anilines is 2. The number of rotatable bonds is 7. The van der Waals surface area contributed by atoms with Crippen LogP contribution in [0.25, 0.3) is 0 Å². The first kappa shape index (κ1) is 20.3. The van der Waals surface area contributed by atoms with Gasteiger partial charge in [-0.2, -0.15) is 0 Å². The molecular formula is C21H22N4O3S. The van der Waals surface area contributed by atoms with Crippen molar-refractivity contribution in [2.45, 2.75) is 24.8 Å². The molecule has 1 aromatic heterocycles. The summed E-state index contributed by atoms with van der Waals surface area (Å²) in [6.07, 6.45) is 4.22. The quantitative estimate of drug-likeness (QED) is 0.552. The number of aromatic nitrogens is 1. The lowest BCUT2D eigenvalue weighted by Gasteiger charge is -2.10. The Morgan fingerprint density at radius 1 is 0.931 bits per heavy atom. The van der Waals surface area contributed by atoms with Crippen molar-refractivity contribution in [1.82, 2.24) is 10.3 Å². The maximum atomic E-state index is 12.5. The third-order valence-electron chi connectivity index (χ3n) is 4.21. The Bertz CT molecular complexity index is 1050. The Balaban J connectivity index is 1.58. The number of amides is 2. The number of benzene rings is 2. The summed E-state index contributed by atoms with van der Waals surface area (Å²) in [5.41, 5.74) is 2.99. The first-order valence-electron chi connectivity index (χ1n) is 9.12. The first-order chi connectivity index (χ1) is 14.0. The molecule has 1 heterocycles. The number of urea groups is 1. The normalized spacial score (nSPS) is 10.9. The van der Waals surface area contributed by atoms with Gasteiger partial charge in [0, 0.05) is 30.3 Å². The van der Waals surface area contributed by atoms with E-state index >= 15 is 0 Å². The minimum absolute atomic E-state index is 0.110. The molecule has 29 heavy (non-hydrogen) atoms. The molecule has 7 nitrogen and oxygen atoms in total. The molecule has 0 saturated heterocycles. The minimum atomic E-state index is -3.71. The molecule has 0 radical (unpaired) electrons. The fraction of sp³-hybridized carbons (Fsp3) is 0.143. The lowest BCUT2D eigenvalue weighted by atomic mass is 10.2. The summed E-state index contributed by atoms with van der Waals surface area (Å²) in [6, 6.07) is 16.5. The standard InChI is InChI=1S/C21H22N4O3S/c1-2-16-5-7-19(8-6-16)25-29(27,28)20-11-9-18(10-12-20)24-21(26)23-15-17-4-3-13-22-14-17/h3-14,25H,2,15H2,1H3,(H2,23,24,26). The zero-order valence-electron chi connectivity index (χ0n) is 15.9. The molecule has 3 rings (SSSR count). The lowest BCUT2D eigenvalue weighted by Crippen LogP contribution is -2.28. The number of nitrogens with zero attached hydrogens (tertiary/aromatic N) is 1. The molecule has 3 N–H and O–H groups in total. The van der Waals surface area contributed by atoms with Gasteiger partial charge in [-0.05, 0) is 60.0 Å². The molecular weight excluding hydrogens is 388 g/mol. The number of carbonyl (C=O) groups is 1. The van der Waals surface area contributed by atoms with Gasteiger partial charge in [-0.25, -0.2) is 13.2 Å². The van der Waals surface area contributed by atoms with Crippen molar-refractivity contribution >= 4 is 27.4 Å². The van der Waals surface area contributed by atoms with Gasteiger partial charge in [-0.3, -0.25) is 9.71 Å². The number of sulfonamides is 1. The molecule has 2 amide bonds. The monoisotopic (exact) mass is 410 g/mol. The highest BCUT2D eigenvalue weighted by atomic mass is 32.2. The highest BCUT2D eigenvalue weighted by Crippen LogP contribution is 2.19. The van der Waals surface area contributed by atoms with Gasteiger partial charge in [-0.15, -0.1) is 0 Å². The van der Waals surface area contributed by atoms with E-state index in [0.717, 1.165) is 17.5 Å². The summed E-state index contributed by atoms with van der Waals surface area (Å²) in [7, 11) is -3.71. The van der Waals surface area contributed by atoms with Gasteiger partial charge in [0.05, 0.1) is 4.90 Å². The van der Waals surface area contributed by atoms with Crippen LogP contribution in [0.2, 0.25) is 0 Å². The van der Waals surface area contributed by atoms with Crippen molar-refractivity contribution in [3.05, 3.63) is 84.2 Å². The van der Waals surface area contributed by atoms with E-state index < -0.39 is 16.1 Å². The molecule has 150 valence electrons. The SMILES string of the molecule is CCc1ccc(NS(=O)(=O)c2ccc(NC(=O)NCc3cccnc3)cc2)cc1. The molecule has 3 aromatic rings. The largest absolute Gasteiger partial charge is 0.334 e. The van der Waals surface area contributed by atoms with Crippen LogP contribution in [0.15, 0.2) is 78.0 Å². The van der Waals surface area contributed by atoms with Gasteiger partial charge >= 0.3 is 6.03 Å². The number of hydrogen-bond acceptors (Lipinski definition) is 4. The van der Waals surface area contributed by atoms with Gasteiger partial charge in [0.25, 0.3) is 10.0 Å². The Hall–Kier alpha value is -3.39. The third-order valence-corrected chi connectivity index (χ3v) is 5.61. The van der Waals surface area contributed by atoms with Crippen LogP contribution in [-0.2, 0) is 23.0 Å². The van der Waals surface area contributed by atoms with Crippen molar-refractivity contribution in [3.63, 3.8) is 0 Å². The Morgan fingerprint density at radius 3 is 2.24 bits per heavy atom. The van der Waals surface area contributed by atoms with Crippen molar-refractivity contribution in [2.75, 3.05) is 10.0 Å². The zero-order valence-corrected chi connectivity index (χ0v) is 16.7. The van der Waals surface area contributed by atoms with Crippen LogP contribution in [-0.4, -0.2) is 19.4 Å². The molecule has 0 spiro atoms. The van der Waals surface area contributed by atoms with Crippen LogP contribution in [0, 0.1) is 0 Å². The van der Waals surface area contributed by atoms with Gasteiger partial charge in [-0.1, -0.05) is 25.1 Å². The van der Waals surface area contributed by atoms with E-state index in [1.807, 2.05) is 25.1 Å². The molecule has 0 saturated carbocycles. The highest BCUT2D eigenvalue weighted by molar-refractivity contribution is 7.92. The van der Waals surface area contributed by atoms with Crippen LogP contribution >= 0.6 is 0 Å². The average Bonchev–Trinajstić information content (AvgIpc) is 2.74. The fourth-order valence-corrected chi connectivity index (χ4v) is 3.66. The van der Waals surface area contributed by atoms with Gasteiger partial charge < -0.3 is 10.6 Å². The Morgan fingerprint density at radius 2 is 1.62 bits per heavy atom. The maximum absolute atomic E-state index is 12.5. The summed E-state index contributed by atoms with van der Waals surface area (Å²) in [6.45, 7) is 2.38. The maximum Gasteiger partial charge on any atom is 0.319 e. The second kappa shape index (κ2) is 9.20. The Kier molecular flexibility index (Phi) is 6.46. The lowest BCUT2D eigenvalue weighted by molar-refractivity contribution is 0.251.